The lowest BCUT2D eigenvalue weighted by Crippen LogP contribution is -2.38. The Kier molecular flexibility index (Phi) is 5.20. The van der Waals surface area contributed by atoms with Gasteiger partial charge in [0.05, 0.1) is 6.26 Å². The third-order valence-corrected chi connectivity index (χ3v) is 2.90. The van der Waals surface area contributed by atoms with Crippen LogP contribution in [0.4, 0.5) is 11.4 Å². The maximum absolute atomic E-state index is 11.1. The van der Waals surface area contributed by atoms with E-state index in [2.05, 4.69) is 36.1 Å². The third kappa shape index (κ3) is 7.69. The fraction of sp³-hybridized carbons (Fsp3) is 0.538. The predicted octanol–water partition coefficient (Wildman–Crippen LogP) is 1.86. The first-order chi connectivity index (χ1) is 8.66. The Morgan fingerprint density at radius 3 is 2.00 bits per heavy atom. The van der Waals surface area contributed by atoms with Crippen LogP contribution < -0.4 is 15.4 Å². The molecule has 1 aromatic carbocycles. The Morgan fingerprint density at radius 1 is 1.00 bits per heavy atom. The zero-order chi connectivity index (χ0) is 14.5. The van der Waals surface area contributed by atoms with Gasteiger partial charge in [-0.05, 0) is 45.0 Å². The van der Waals surface area contributed by atoms with Gasteiger partial charge in [0.2, 0.25) is 10.0 Å². The van der Waals surface area contributed by atoms with Crippen molar-refractivity contribution in [3.63, 3.8) is 0 Å². The SMILES string of the molecule is CC(C)(C)NCCNc1ccc(NS(C)(=O)=O)cc1. The maximum atomic E-state index is 11.1. The van der Waals surface area contributed by atoms with E-state index < -0.39 is 10.0 Å². The molecule has 0 saturated heterocycles. The molecular weight excluding hydrogens is 262 g/mol. The molecule has 0 amide bonds. The van der Waals surface area contributed by atoms with E-state index in [0.717, 1.165) is 25.0 Å². The van der Waals surface area contributed by atoms with E-state index in [1.807, 2.05) is 12.1 Å². The van der Waals surface area contributed by atoms with Crippen LogP contribution in [0.25, 0.3) is 0 Å². The average Bonchev–Trinajstić information content (AvgIpc) is 2.23. The smallest absolute Gasteiger partial charge is 0.229 e. The molecule has 108 valence electrons. The van der Waals surface area contributed by atoms with Crippen molar-refractivity contribution in [3.05, 3.63) is 24.3 Å². The summed E-state index contributed by atoms with van der Waals surface area (Å²) in [5.74, 6) is 0. The lowest BCUT2D eigenvalue weighted by molar-refractivity contribution is 0.435. The first kappa shape index (κ1) is 15.8. The topological polar surface area (TPSA) is 70.2 Å². The number of benzene rings is 1. The molecule has 0 radical (unpaired) electrons. The molecule has 0 atom stereocenters. The maximum Gasteiger partial charge on any atom is 0.229 e. The Balaban J connectivity index is 2.41. The van der Waals surface area contributed by atoms with Crippen LogP contribution in [0.3, 0.4) is 0 Å². The molecule has 0 fully saturated rings. The lowest BCUT2D eigenvalue weighted by Gasteiger charge is -2.20. The molecule has 0 unspecified atom stereocenters. The van der Waals surface area contributed by atoms with Crippen molar-refractivity contribution < 1.29 is 8.42 Å². The minimum atomic E-state index is -3.21. The minimum absolute atomic E-state index is 0.116. The fourth-order valence-electron chi connectivity index (χ4n) is 1.51. The molecule has 19 heavy (non-hydrogen) atoms. The highest BCUT2D eigenvalue weighted by molar-refractivity contribution is 7.92. The Bertz CT molecular complexity index is 490. The lowest BCUT2D eigenvalue weighted by atomic mass is 10.1. The van der Waals surface area contributed by atoms with Gasteiger partial charge in [-0.15, -0.1) is 0 Å². The van der Waals surface area contributed by atoms with Crippen molar-refractivity contribution in [1.29, 1.82) is 0 Å². The summed E-state index contributed by atoms with van der Waals surface area (Å²) in [6.07, 6.45) is 1.14. The standard InChI is InChI=1S/C13H23N3O2S/c1-13(2,3)15-10-9-14-11-5-7-12(8-6-11)16-19(4,17)18/h5-8,14-16H,9-10H2,1-4H3. The molecule has 0 aliphatic heterocycles. The normalized spacial score (nSPS) is 12.2. The van der Waals surface area contributed by atoms with Crippen LogP contribution in [0.15, 0.2) is 24.3 Å². The van der Waals surface area contributed by atoms with E-state index in [0.29, 0.717) is 5.69 Å². The van der Waals surface area contributed by atoms with Crippen molar-refractivity contribution in [2.24, 2.45) is 0 Å². The molecular formula is C13H23N3O2S. The summed E-state index contributed by atoms with van der Waals surface area (Å²) in [5.41, 5.74) is 1.65. The first-order valence-corrected chi connectivity index (χ1v) is 8.12. The molecule has 0 spiro atoms. The van der Waals surface area contributed by atoms with E-state index in [4.69, 9.17) is 0 Å². The summed E-state index contributed by atoms with van der Waals surface area (Å²) in [6, 6.07) is 7.18. The van der Waals surface area contributed by atoms with Gasteiger partial charge in [0.1, 0.15) is 0 Å². The van der Waals surface area contributed by atoms with E-state index in [1.165, 1.54) is 0 Å². The minimum Gasteiger partial charge on any atom is -0.384 e. The van der Waals surface area contributed by atoms with Crippen LogP contribution in [-0.4, -0.2) is 33.3 Å². The van der Waals surface area contributed by atoms with Crippen molar-refractivity contribution >= 4 is 21.4 Å². The van der Waals surface area contributed by atoms with Crippen LogP contribution >= 0.6 is 0 Å². The summed E-state index contributed by atoms with van der Waals surface area (Å²) in [7, 11) is -3.21. The molecule has 3 N–H and O–H groups in total. The van der Waals surface area contributed by atoms with E-state index in [-0.39, 0.29) is 5.54 Å². The van der Waals surface area contributed by atoms with Crippen molar-refractivity contribution in [3.8, 4) is 0 Å². The van der Waals surface area contributed by atoms with Gasteiger partial charge in [0.25, 0.3) is 0 Å². The Morgan fingerprint density at radius 2 is 1.53 bits per heavy atom. The van der Waals surface area contributed by atoms with Gasteiger partial charge in [0, 0.05) is 30.0 Å². The van der Waals surface area contributed by atoms with Gasteiger partial charge in [-0.1, -0.05) is 0 Å². The Labute approximate surface area is 115 Å². The number of nitrogens with one attached hydrogen (secondary N) is 3. The summed E-state index contributed by atoms with van der Waals surface area (Å²) >= 11 is 0. The Hall–Kier alpha value is -1.27. The molecule has 0 aromatic heterocycles. The largest absolute Gasteiger partial charge is 0.384 e. The van der Waals surface area contributed by atoms with Gasteiger partial charge in [-0.2, -0.15) is 0 Å². The van der Waals surface area contributed by atoms with Crippen LogP contribution in [0.1, 0.15) is 20.8 Å². The van der Waals surface area contributed by atoms with Gasteiger partial charge >= 0.3 is 0 Å². The molecule has 1 aromatic rings. The zero-order valence-electron chi connectivity index (χ0n) is 11.9. The molecule has 0 heterocycles. The van der Waals surface area contributed by atoms with Crippen molar-refractivity contribution in [2.45, 2.75) is 26.3 Å². The predicted molar refractivity (Wildman–Crippen MR) is 81.2 cm³/mol. The van der Waals surface area contributed by atoms with Crippen LogP contribution in [-0.2, 0) is 10.0 Å². The molecule has 5 nitrogen and oxygen atoms in total. The monoisotopic (exact) mass is 285 g/mol. The second-order valence-electron chi connectivity index (χ2n) is 5.56. The quantitative estimate of drug-likeness (QED) is 0.698. The summed E-state index contributed by atoms with van der Waals surface area (Å²) in [5, 5.41) is 6.65. The van der Waals surface area contributed by atoms with Crippen LogP contribution in [0.2, 0.25) is 0 Å². The molecule has 6 heteroatoms. The highest BCUT2D eigenvalue weighted by atomic mass is 32.2. The molecule has 0 saturated carbocycles. The average molecular weight is 285 g/mol. The zero-order valence-corrected chi connectivity index (χ0v) is 12.8. The molecule has 1 rings (SSSR count). The summed E-state index contributed by atoms with van der Waals surface area (Å²) in [4.78, 5) is 0. The summed E-state index contributed by atoms with van der Waals surface area (Å²) in [6.45, 7) is 8.05. The number of hydrogen-bond donors (Lipinski definition) is 3. The first-order valence-electron chi connectivity index (χ1n) is 6.22. The molecule has 0 aliphatic rings. The number of sulfonamides is 1. The van der Waals surface area contributed by atoms with E-state index in [1.54, 1.807) is 12.1 Å². The highest BCUT2D eigenvalue weighted by Gasteiger charge is 2.07. The fourth-order valence-corrected chi connectivity index (χ4v) is 2.08. The van der Waals surface area contributed by atoms with Crippen molar-refractivity contribution in [2.75, 3.05) is 29.4 Å². The molecule has 0 bridgehead atoms. The third-order valence-electron chi connectivity index (χ3n) is 2.30. The summed E-state index contributed by atoms with van der Waals surface area (Å²) < 4.78 is 24.5. The van der Waals surface area contributed by atoms with Gasteiger partial charge in [-0.3, -0.25) is 4.72 Å². The number of hydrogen-bond acceptors (Lipinski definition) is 4. The van der Waals surface area contributed by atoms with Gasteiger partial charge in [0.15, 0.2) is 0 Å². The van der Waals surface area contributed by atoms with E-state index in [9.17, 15) is 8.42 Å². The second kappa shape index (κ2) is 6.25. The number of anilines is 2. The highest BCUT2D eigenvalue weighted by Crippen LogP contribution is 2.14. The second-order valence-corrected chi connectivity index (χ2v) is 7.30. The van der Waals surface area contributed by atoms with Gasteiger partial charge < -0.3 is 10.6 Å². The van der Waals surface area contributed by atoms with Crippen LogP contribution in [0.5, 0.6) is 0 Å². The molecule has 0 aliphatic carbocycles. The van der Waals surface area contributed by atoms with Crippen molar-refractivity contribution in [1.82, 2.24) is 5.32 Å². The van der Waals surface area contributed by atoms with E-state index >= 15 is 0 Å². The van der Waals surface area contributed by atoms with Gasteiger partial charge in [-0.25, -0.2) is 8.42 Å². The van der Waals surface area contributed by atoms with Crippen LogP contribution in [0, 0.1) is 0 Å². The number of rotatable bonds is 6.